The topological polar surface area (TPSA) is 74.5 Å². The quantitative estimate of drug-likeness (QED) is 0.869. The minimum atomic E-state index is 0.0638. The third-order valence-electron chi connectivity index (χ3n) is 5.48. The summed E-state index contributed by atoms with van der Waals surface area (Å²) in [5.74, 6) is 0.551. The normalized spacial score (nSPS) is 26.5. The number of rotatable bonds is 4. The highest BCUT2D eigenvalue weighted by atomic mass is 32.1. The maximum Gasteiger partial charge on any atom is 0.317 e. The first-order chi connectivity index (χ1) is 11.5. The van der Waals surface area contributed by atoms with E-state index in [1.165, 1.54) is 10.6 Å². The van der Waals surface area contributed by atoms with Gasteiger partial charge in [-0.1, -0.05) is 6.92 Å². The summed E-state index contributed by atoms with van der Waals surface area (Å²) in [5, 5.41) is 3.94. The van der Waals surface area contributed by atoms with E-state index in [0.717, 1.165) is 45.4 Å². The van der Waals surface area contributed by atoms with Crippen molar-refractivity contribution in [1.82, 2.24) is 20.1 Å². The number of carbonyl (C=O) groups is 1. The number of amides is 2. The molecule has 1 aliphatic heterocycles. The van der Waals surface area contributed by atoms with Crippen LogP contribution in [0, 0.1) is 5.92 Å². The fourth-order valence-electron chi connectivity index (χ4n) is 4.23. The lowest BCUT2D eigenvalue weighted by atomic mass is 9.78. The number of nitrogens with one attached hydrogen (secondary N) is 1. The molecule has 0 spiro atoms. The first-order valence-corrected chi connectivity index (χ1v) is 9.90. The van der Waals surface area contributed by atoms with Crippen molar-refractivity contribution in [2.75, 3.05) is 31.9 Å². The molecular formula is C17H29N5OS. The summed E-state index contributed by atoms with van der Waals surface area (Å²) in [6, 6.07) is 0.842. The highest BCUT2D eigenvalue weighted by Crippen LogP contribution is 2.37. The molecule has 3 rings (SSSR count). The molecule has 3 unspecified atom stereocenters. The molecule has 3 atom stereocenters. The first-order valence-electron chi connectivity index (χ1n) is 9.09. The van der Waals surface area contributed by atoms with Crippen LogP contribution in [0.15, 0.2) is 0 Å². The van der Waals surface area contributed by atoms with Gasteiger partial charge in [0, 0.05) is 36.6 Å². The zero-order valence-electron chi connectivity index (χ0n) is 14.9. The lowest BCUT2D eigenvalue weighted by Crippen LogP contribution is -2.59. The average Bonchev–Trinajstić information content (AvgIpc) is 2.92. The van der Waals surface area contributed by atoms with Gasteiger partial charge in [0.05, 0.1) is 5.69 Å². The molecule has 3 N–H and O–H groups in total. The molecule has 1 fully saturated rings. The number of hydrogen-bond acceptors (Lipinski definition) is 5. The fourth-order valence-corrected chi connectivity index (χ4v) is 5.14. The molecule has 1 aliphatic carbocycles. The van der Waals surface area contributed by atoms with Crippen molar-refractivity contribution in [3.05, 3.63) is 10.6 Å². The van der Waals surface area contributed by atoms with Gasteiger partial charge in [-0.15, -0.1) is 11.3 Å². The van der Waals surface area contributed by atoms with Gasteiger partial charge in [0.25, 0.3) is 0 Å². The van der Waals surface area contributed by atoms with Crippen molar-refractivity contribution in [1.29, 1.82) is 0 Å². The predicted molar refractivity (Wildman–Crippen MR) is 98.3 cm³/mol. The minimum absolute atomic E-state index is 0.0638. The molecule has 6 nitrogen and oxygen atoms in total. The highest BCUT2D eigenvalue weighted by Gasteiger charge is 2.40. The Morgan fingerprint density at radius 3 is 2.79 bits per heavy atom. The van der Waals surface area contributed by atoms with Crippen LogP contribution in [0.25, 0.3) is 0 Å². The van der Waals surface area contributed by atoms with E-state index in [0.29, 0.717) is 17.1 Å². The summed E-state index contributed by atoms with van der Waals surface area (Å²) in [5.41, 5.74) is 7.09. The number of anilines is 1. The summed E-state index contributed by atoms with van der Waals surface area (Å²) < 4.78 is 0. The van der Waals surface area contributed by atoms with Crippen LogP contribution in [0.5, 0.6) is 0 Å². The number of piperidine rings is 1. The van der Waals surface area contributed by atoms with Gasteiger partial charge in [-0.05, 0) is 45.6 Å². The van der Waals surface area contributed by atoms with Crippen molar-refractivity contribution in [3.8, 4) is 0 Å². The summed E-state index contributed by atoms with van der Waals surface area (Å²) in [6.45, 7) is 9.71. The second kappa shape index (κ2) is 7.27. The monoisotopic (exact) mass is 351 g/mol. The van der Waals surface area contributed by atoms with Gasteiger partial charge in [-0.3, -0.25) is 4.90 Å². The van der Waals surface area contributed by atoms with Crippen molar-refractivity contribution in [2.24, 2.45) is 5.92 Å². The van der Waals surface area contributed by atoms with Crippen LogP contribution in [0.1, 0.15) is 37.8 Å². The predicted octanol–water partition coefficient (Wildman–Crippen LogP) is 1.95. The minimum Gasteiger partial charge on any atom is -0.375 e. The van der Waals surface area contributed by atoms with Crippen molar-refractivity contribution in [2.45, 2.75) is 52.1 Å². The fraction of sp³-hybridized carbons (Fsp3) is 0.765. The molecule has 1 aromatic rings. The molecule has 7 heteroatoms. The molecule has 0 aromatic carbocycles. The molecule has 0 radical (unpaired) electrons. The van der Waals surface area contributed by atoms with Crippen LogP contribution in [0.2, 0.25) is 0 Å². The van der Waals surface area contributed by atoms with Crippen LogP contribution in [0.3, 0.4) is 0 Å². The van der Waals surface area contributed by atoms with Crippen LogP contribution >= 0.6 is 11.3 Å². The van der Waals surface area contributed by atoms with Crippen molar-refractivity contribution >= 4 is 22.5 Å². The van der Waals surface area contributed by atoms with Gasteiger partial charge in [0.2, 0.25) is 0 Å². The molecule has 1 aromatic heterocycles. The maximum absolute atomic E-state index is 12.4. The first kappa shape index (κ1) is 17.5. The SMILES string of the molecule is CCN(CC)C(=O)NC1CC2Cc3nc(N)sc3CC2N(CC)C1. The maximum atomic E-state index is 12.4. The zero-order valence-corrected chi connectivity index (χ0v) is 15.7. The number of aromatic nitrogens is 1. The van der Waals surface area contributed by atoms with E-state index < -0.39 is 0 Å². The Labute approximate surface area is 148 Å². The van der Waals surface area contributed by atoms with E-state index >= 15 is 0 Å². The lowest BCUT2D eigenvalue weighted by molar-refractivity contribution is 0.0683. The number of carbonyl (C=O) groups excluding carboxylic acids is 1. The molecule has 1 saturated heterocycles. The molecule has 24 heavy (non-hydrogen) atoms. The molecule has 2 amide bonds. The largest absolute Gasteiger partial charge is 0.375 e. The van der Waals surface area contributed by atoms with Crippen LogP contribution in [0.4, 0.5) is 9.93 Å². The summed E-state index contributed by atoms with van der Waals surface area (Å²) in [6.07, 6.45) is 3.08. The Balaban J connectivity index is 1.71. The Morgan fingerprint density at radius 1 is 1.38 bits per heavy atom. The second-order valence-corrected chi connectivity index (χ2v) is 7.91. The van der Waals surface area contributed by atoms with Crippen molar-refractivity contribution in [3.63, 3.8) is 0 Å². The third-order valence-corrected chi connectivity index (χ3v) is 6.43. The van der Waals surface area contributed by atoms with E-state index in [1.54, 1.807) is 11.3 Å². The van der Waals surface area contributed by atoms with Gasteiger partial charge >= 0.3 is 6.03 Å². The zero-order chi connectivity index (χ0) is 17.3. The van der Waals surface area contributed by atoms with Crippen LogP contribution < -0.4 is 11.1 Å². The smallest absolute Gasteiger partial charge is 0.317 e. The standard InChI is InChI=1S/C17H29N5OS/c1-4-21(5-2)17(23)19-12-7-11-8-13-15(24-16(18)20-13)9-14(11)22(6-3)10-12/h11-12,14H,4-10H2,1-3H3,(H2,18,20)(H,19,23). The van der Waals surface area contributed by atoms with Crippen molar-refractivity contribution < 1.29 is 4.79 Å². The average molecular weight is 352 g/mol. The molecule has 134 valence electrons. The number of fused-ring (bicyclic) bond motifs is 2. The Hall–Kier alpha value is -1.34. The number of nitrogens with zero attached hydrogens (tertiary/aromatic N) is 3. The van der Waals surface area contributed by atoms with E-state index in [2.05, 4.69) is 22.1 Å². The number of likely N-dealkylation sites (tertiary alicyclic amines) is 1. The van der Waals surface area contributed by atoms with E-state index in [9.17, 15) is 4.79 Å². The number of nitrogen functional groups attached to an aromatic ring is 1. The molecular weight excluding hydrogens is 322 g/mol. The van der Waals surface area contributed by atoms with E-state index in [-0.39, 0.29) is 12.1 Å². The summed E-state index contributed by atoms with van der Waals surface area (Å²) >= 11 is 1.64. The highest BCUT2D eigenvalue weighted by molar-refractivity contribution is 7.15. The van der Waals surface area contributed by atoms with Gasteiger partial charge in [-0.25, -0.2) is 9.78 Å². The number of hydrogen-bond donors (Lipinski definition) is 2. The Bertz CT molecular complexity index is 586. The Kier molecular flexibility index (Phi) is 5.30. The number of thiazole rings is 1. The third kappa shape index (κ3) is 3.37. The van der Waals surface area contributed by atoms with Crippen LogP contribution in [-0.4, -0.2) is 59.1 Å². The number of likely N-dealkylation sites (N-methyl/N-ethyl adjacent to an activating group) is 1. The van der Waals surface area contributed by atoms with E-state index in [4.69, 9.17) is 5.73 Å². The lowest BCUT2D eigenvalue weighted by Gasteiger charge is -2.46. The summed E-state index contributed by atoms with van der Waals surface area (Å²) in [4.78, 5) is 22.7. The molecule has 0 bridgehead atoms. The Morgan fingerprint density at radius 2 is 2.12 bits per heavy atom. The van der Waals surface area contributed by atoms with Crippen LogP contribution in [-0.2, 0) is 12.8 Å². The van der Waals surface area contributed by atoms with Gasteiger partial charge in [0.1, 0.15) is 0 Å². The van der Waals surface area contributed by atoms with Gasteiger partial charge < -0.3 is 16.0 Å². The van der Waals surface area contributed by atoms with Gasteiger partial charge in [0.15, 0.2) is 5.13 Å². The number of nitrogens with two attached hydrogens (primary N) is 1. The molecule has 0 saturated carbocycles. The second-order valence-electron chi connectivity index (χ2n) is 6.80. The molecule has 2 heterocycles. The number of urea groups is 1. The van der Waals surface area contributed by atoms with Gasteiger partial charge in [-0.2, -0.15) is 0 Å². The summed E-state index contributed by atoms with van der Waals surface area (Å²) in [7, 11) is 0. The van der Waals surface area contributed by atoms with E-state index in [1.807, 2.05) is 18.7 Å². The molecule has 2 aliphatic rings.